The van der Waals surface area contributed by atoms with Crippen LogP contribution in [-0.2, 0) is 12.8 Å². The van der Waals surface area contributed by atoms with Crippen molar-refractivity contribution in [3.8, 4) is 11.5 Å². The Morgan fingerprint density at radius 3 is 2.10 bits per heavy atom. The van der Waals surface area contributed by atoms with Crippen LogP contribution in [0.25, 0.3) is 0 Å². The summed E-state index contributed by atoms with van der Waals surface area (Å²) < 4.78 is 10.9. The van der Waals surface area contributed by atoms with E-state index in [1.807, 2.05) is 12.1 Å². The van der Waals surface area contributed by atoms with Crippen LogP contribution in [0, 0.1) is 0 Å². The molecule has 1 fully saturated rings. The van der Waals surface area contributed by atoms with Gasteiger partial charge in [0.1, 0.15) is 11.5 Å². The van der Waals surface area contributed by atoms with Gasteiger partial charge in [0.2, 0.25) is 0 Å². The number of nitrogens with zero attached hydrogens (tertiary/aromatic N) is 1. The highest BCUT2D eigenvalue weighted by atomic mass is 16.5. The molecule has 1 aliphatic heterocycles. The molecule has 110 valence electrons. The van der Waals surface area contributed by atoms with E-state index in [1.54, 1.807) is 14.2 Å². The Balaban J connectivity index is 1.95. The van der Waals surface area contributed by atoms with Crippen molar-refractivity contribution in [3.63, 3.8) is 0 Å². The van der Waals surface area contributed by atoms with E-state index < -0.39 is 0 Å². The van der Waals surface area contributed by atoms with Crippen LogP contribution in [0.5, 0.6) is 11.5 Å². The molecule has 1 N–H and O–H groups in total. The number of methoxy groups -OCH3 is 2. The predicted octanol–water partition coefficient (Wildman–Crippen LogP) is 1.63. The van der Waals surface area contributed by atoms with Crippen molar-refractivity contribution < 1.29 is 14.6 Å². The van der Waals surface area contributed by atoms with Crippen LogP contribution in [0.3, 0.4) is 0 Å². The summed E-state index contributed by atoms with van der Waals surface area (Å²) in [4.78, 5) is 2.42. The summed E-state index contributed by atoms with van der Waals surface area (Å²) in [6.07, 6.45) is 3.66. The van der Waals surface area contributed by atoms with E-state index in [9.17, 15) is 5.11 Å². The van der Waals surface area contributed by atoms with Crippen molar-refractivity contribution in [3.05, 3.63) is 23.3 Å². The van der Waals surface area contributed by atoms with Gasteiger partial charge in [-0.05, 0) is 44.5 Å². The Bertz CT molecular complexity index is 483. The molecule has 0 bridgehead atoms. The third-order valence-electron chi connectivity index (χ3n) is 4.67. The SMILES string of the molecule is COc1ccc(OC)c2c1C[C@@H](O)[C@H](N1CCCC1)C2. The molecule has 20 heavy (non-hydrogen) atoms. The third kappa shape index (κ3) is 2.27. The molecule has 0 radical (unpaired) electrons. The fourth-order valence-corrected chi connectivity index (χ4v) is 3.62. The predicted molar refractivity (Wildman–Crippen MR) is 77.6 cm³/mol. The van der Waals surface area contributed by atoms with Gasteiger partial charge in [0.25, 0.3) is 0 Å². The normalized spacial score (nSPS) is 26.4. The second kappa shape index (κ2) is 5.62. The molecule has 1 saturated heterocycles. The first-order valence-electron chi connectivity index (χ1n) is 7.39. The van der Waals surface area contributed by atoms with Crippen LogP contribution in [0.4, 0.5) is 0 Å². The second-order valence-electron chi connectivity index (χ2n) is 5.71. The lowest BCUT2D eigenvalue weighted by atomic mass is 9.84. The van der Waals surface area contributed by atoms with Gasteiger partial charge >= 0.3 is 0 Å². The van der Waals surface area contributed by atoms with E-state index in [2.05, 4.69) is 4.90 Å². The highest BCUT2D eigenvalue weighted by molar-refractivity contribution is 5.51. The molecule has 1 aromatic carbocycles. The van der Waals surface area contributed by atoms with E-state index in [0.717, 1.165) is 36.6 Å². The summed E-state index contributed by atoms with van der Waals surface area (Å²) in [5.41, 5.74) is 2.31. The standard InChI is InChI=1S/C16H23NO3/c1-19-15-5-6-16(20-2)12-10-14(18)13(9-11(12)15)17-7-3-4-8-17/h5-6,13-14,18H,3-4,7-10H2,1-2H3/t13-,14-/m1/s1. The highest BCUT2D eigenvalue weighted by Crippen LogP contribution is 2.37. The Labute approximate surface area is 120 Å². The van der Waals surface area contributed by atoms with E-state index in [1.165, 1.54) is 18.4 Å². The number of hydrogen-bond donors (Lipinski definition) is 1. The lowest BCUT2D eigenvalue weighted by molar-refractivity contribution is 0.0542. The van der Waals surface area contributed by atoms with Crippen LogP contribution in [-0.4, -0.2) is 49.5 Å². The highest BCUT2D eigenvalue weighted by Gasteiger charge is 2.35. The van der Waals surface area contributed by atoms with Crippen molar-refractivity contribution in [2.45, 2.75) is 37.8 Å². The molecular formula is C16H23NO3. The molecule has 0 spiro atoms. The number of likely N-dealkylation sites (tertiary alicyclic amines) is 1. The number of rotatable bonds is 3. The summed E-state index contributed by atoms with van der Waals surface area (Å²) in [6, 6.07) is 4.11. The molecular weight excluding hydrogens is 254 g/mol. The van der Waals surface area contributed by atoms with Crippen molar-refractivity contribution in [2.75, 3.05) is 27.3 Å². The number of fused-ring (bicyclic) bond motifs is 1. The molecule has 0 unspecified atom stereocenters. The minimum atomic E-state index is -0.318. The van der Waals surface area contributed by atoms with Gasteiger partial charge in [-0.2, -0.15) is 0 Å². The Morgan fingerprint density at radius 1 is 1.00 bits per heavy atom. The van der Waals surface area contributed by atoms with Gasteiger partial charge in [0.05, 0.1) is 20.3 Å². The van der Waals surface area contributed by atoms with Crippen LogP contribution in [0.15, 0.2) is 12.1 Å². The number of aliphatic hydroxyl groups excluding tert-OH is 1. The molecule has 4 heteroatoms. The van der Waals surface area contributed by atoms with Gasteiger partial charge < -0.3 is 14.6 Å². The maximum absolute atomic E-state index is 10.5. The number of aliphatic hydroxyl groups is 1. The zero-order valence-corrected chi connectivity index (χ0v) is 12.3. The molecule has 0 amide bonds. The summed E-state index contributed by atoms with van der Waals surface area (Å²) in [5.74, 6) is 1.77. The lowest BCUT2D eigenvalue weighted by Gasteiger charge is -2.37. The molecule has 0 saturated carbocycles. The maximum atomic E-state index is 10.5. The fraction of sp³-hybridized carbons (Fsp3) is 0.625. The molecule has 1 heterocycles. The molecule has 1 aliphatic carbocycles. The molecule has 2 aliphatic rings. The topological polar surface area (TPSA) is 41.9 Å². The number of benzene rings is 1. The van der Waals surface area contributed by atoms with Gasteiger partial charge in [-0.15, -0.1) is 0 Å². The molecule has 1 aromatic rings. The largest absolute Gasteiger partial charge is 0.496 e. The zero-order chi connectivity index (χ0) is 14.1. The number of hydrogen-bond acceptors (Lipinski definition) is 4. The van der Waals surface area contributed by atoms with E-state index in [4.69, 9.17) is 9.47 Å². The third-order valence-corrected chi connectivity index (χ3v) is 4.67. The minimum Gasteiger partial charge on any atom is -0.496 e. The molecule has 0 aromatic heterocycles. The summed E-state index contributed by atoms with van der Waals surface area (Å²) >= 11 is 0. The van der Waals surface area contributed by atoms with Crippen molar-refractivity contribution in [1.29, 1.82) is 0 Å². The minimum absolute atomic E-state index is 0.214. The maximum Gasteiger partial charge on any atom is 0.122 e. The van der Waals surface area contributed by atoms with Crippen molar-refractivity contribution in [1.82, 2.24) is 4.90 Å². The average Bonchev–Trinajstić information content (AvgIpc) is 2.99. The fourth-order valence-electron chi connectivity index (χ4n) is 3.62. The van der Waals surface area contributed by atoms with E-state index >= 15 is 0 Å². The summed E-state index contributed by atoms with van der Waals surface area (Å²) in [6.45, 7) is 2.20. The van der Waals surface area contributed by atoms with Crippen LogP contribution in [0.2, 0.25) is 0 Å². The van der Waals surface area contributed by atoms with Gasteiger partial charge in [-0.25, -0.2) is 0 Å². The quantitative estimate of drug-likeness (QED) is 0.912. The first-order valence-corrected chi connectivity index (χ1v) is 7.39. The van der Waals surface area contributed by atoms with Gasteiger partial charge in [0.15, 0.2) is 0 Å². The van der Waals surface area contributed by atoms with Crippen LogP contribution >= 0.6 is 0 Å². The van der Waals surface area contributed by atoms with Crippen LogP contribution < -0.4 is 9.47 Å². The average molecular weight is 277 g/mol. The second-order valence-corrected chi connectivity index (χ2v) is 5.71. The first-order chi connectivity index (χ1) is 9.74. The van der Waals surface area contributed by atoms with E-state index in [-0.39, 0.29) is 12.1 Å². The summed E-state index contributed by atoms with van der Waals surface area (Å²) in [5, 5.41) is 10.5. The lowest BCUT2D eigenvalue weighted by Crippen LogP contribution is -2.47. The smallest absolute Gasteiger partial charge is 0.122 e. The Morgan fingerprint density at radius 2 is 1.55 bits per heavy atom. The Kier molecular flexibility index (Phi) is 3.85. The van der Waals surface area contributed by atoms with Gasteiger partial charge in [-0.1, -0.05) is 0 Å². The molecule has 3 rings (SSSR count). The van der Waals surface area contributed by atoms with Gasteiger partial charge in [0, 0.05) is 23.6 Å². The Hall–Kier alpha value is -1.26. The first kappa shape index (κ1) is 13.7. The van der Waals surface area contributed by atoms with Crippen molar-refractivity contribution >= 4 is 0 Å². The number of ether oxygens (including phenoxy) is 2. The summed E-state index contributed by atoms with van der Waals surface area (Å²) in [7, 11) is 3.39. The van der Waals surface area contributed by atoms with Crippen molar-refractivity contribution in [2.24, 2.45) is 0 Å². The molecule has 4 nitrogen and oxygen atoms in total. The van der Waals surface area contributed by atoms with E-state index in [0.29, 0.717) is 6.42 Å². The zero-order valence-electron chi connectivity index (χ0n) is 12.3. The van der Waals surface area contributed by atoms with Gasteiger partial charge in [-0.3, -0.25) is 4.90 Å². The monoisotopic (exact) mass is 277 g/mol. The van der Waals surface area contributed by atoms with Crippen LogP contribution in [0.1, 0.15) is 24.0 Å². The molecule has 2 atom stereocenters.